The molecule has 9 rings (SSSR count). The highest BCUT2D eigenvalue weighted by Crippen LogP contribution is 2.56. The van der Waals surface area contributed by atoms with Gasteiger partial charge >= 0.3 is 0 Å². The third-order valence-corrected chi connectivity index (χ3v) is 10.5. The molecule has 3 aliphatic rings. The lowest BCUT2D eigenvalue weighted by Crippen LogP contribution is -2.39. The molecule has 0 spiro atoms. The van der Waals surface area contributed by atoms with Crippen molar-refractivity contribution in [3.8, 4) is 16.8 Å². The Morgan fingerprint density at radius 3 is 2.15 bits per heavy atom. The quantitative estimate of drug-likeness (QED) is 0.198. The van der Waals surface area contributed by atoms with Crippen molar-refractivity contribution >= 4 is 33.1 Å². The van der Waals surface area contributed by atoms with Crippen LogP contribution in [-0.4, -0.2) is 10.6 Å². The van der Waals surface area contributed by atoms with Crippen molar-refractivity contribution in [2.45, 2.75) is 26.3 Å². The van der Waals surface area contributed by atoms with E-state index in [9.17, 15) is 0 Å². The maximum atomic E-state index is 2.59. The fourth-order valence-corrected chi connectivity index (χ4v) is 8.46. The zero-order chi connectivity index (χ0) is 30.8. The molecular formula is C44H36N2. The highest BCUT2D eigenvalue weighted by molar-refractivity contribution is 6.13. The van der Waals surface area contributed by atoms with Crippen LogP contribution in [0.1, 0.15) is 25.8 Å². The highest BCUT2D eigenvalue weighted by Gasteiger charge is 2.50. The molecule has 0 N–H and O–H groups in total. The largest absolute Gasteiger partial charge is 0.333 e. The van der Waals surface area contributed by atoms with Gasteiger partial charge in [0.25, 0.3) is 0 Å². The summed E-state index contributed by atoms with van der Waals surface area (Å²) in [7, 11) is 0. The summed E-state index contributed by atoms with van der Waals surface area (Å²) in [4.78, 5) is 2.58. The van der Waals surface area contributed by atoms with E-state index in [0.29, 0.717) is 5.92 Å². The first kappa shape index (κ1) is 27.0. The van der Waals surface area contributed by atoms with Crippen LogP contribution in [0.2, 0.25) is 0 Å². The predicted octanol–water partition coefficient (Wildman–Crippen LogP) is 11.1. The molecule has 46 heavy (non-hydrogen) atoms. The van der Waals surface area contributed by atoms with Crippen LogP contribution < -0.4 is 4.90 Å². The fourth-order valence-electron chi connectivity index (χ4n) is 8.46. The second-order valence-electron chi connectivity index (χ2n) is 13.2. The number of fused-ring (bicyclic) bond motifs is 5. The number of hydrogen-bond donors (Lipinski definition) is 0. The zero-order valence-corrected chi connectivity index (χ0v) is 26.3. The van der Waals surface area contributed by atoms with Crippen LogP contribution in [0, 0.1) is 11.3 Å². The normalized spacial score (nSPS) is 22.0. The summed E-state index contributed by atoms with van der Waals surface area (Å²) in [5, 5.41) is 2.58. The molecule has 5 aromatic carbocycles. The number of benzene rings is 5. The Bertz CT molecular complexity index is 2250. The predicted molar refractivity (Wildman–Crippen MR) is 194 cm³/mol. The second-order valence-corrected chi connectivity index (χ2v) is 13.2. The van der Waals surface area contributed by atoms with Gasteiger partial charge in [-0.1, -0.05) is 128 Å². The standard InChI is InChI=1S/C44H36N2/c1-30-13-11-22-40-42(30)44(2)29-33(25-28-41(44)45(40)35-26-23-32(24-27-35)31-14-5-3-6-15-31)36-19-12-20-38-37-18-9-10-21-39(37)46(43(36)38)34-16-7-4-8-17-34/h3-12,14-30,41H,13H2,1-2H3. The first-order chi connectivity index (χ1) is 22.6. The van der Waals surface area contributed by atoms with Gasteiger partial charge in [-0.05, 0) is 77.9 Å². The van der Waals surface area contributed by atoms with Gasteiger partial charge in [-0.15, -0.1) is 0 Å². The molecule has 0 fully saturated rings. The van der Waals surface area contributed by atoms with Crippen LogP contribution in [-0.2, 0) is 0 Å². The summed E-state index contributed by atoms with van der Waals surface area (Å²) >= 11 is 0. The van der Waals surface area contributed by atoms with Gasteiger partial charge in [0, 0.05) is 38.8 Å². The summed E-state index contributed by atoms with van der Waals surface area (Å²) in [5.41, 5.74) is 12.8. The molecule has 0 saturated carbocycles. The van der Waals surface area contributed by atoms with Gasteiger partial charge in [0.1, 0.15) is 0 Å². The summed E-state index contributed by atoms with van der Waals surface area (Å²) in [6, 6.07) is 46.4. The lowest BCUT2D eigenvalue weighted by molar-refractivity contribution is 0.430. The summed E-state index contributed by atoms with van der Waals surface area (Å²) in [6.07, 6.45) is 13.2. The number of aromatic nitrogens is 1. The van der Waals surface area contributed by atoms with Crippen LogP contribution in [0.15, 0.2) is 169 Å². The topological polar surface area (TPSA) is 8.17 Å². The van der Waals surface area contributed by atoms with Crippen LogP contribution in [0.4, 0.5) is 5.69 Å². The molecule has 1 aromatic heterocycles. The lowest BCUT2D eigenvalue weighted by atomic mass is 9.68. The van der Waals surface area contributed by atoms with Gasteiger partial charge in [0.05, 0.1) is 17.1 Å². The second kappa shape index (κ2) is 10.4. The minimum Gasteiger partial charge on any atom is -0.333 e. The van der Waals surface area contributed by atoms with Crippen molar-refractivity contribution < 1.29 is 0 Å². The Hall–Kier alpha value is -5.34. The summed E-state index contributed by atoms with van der Waals surface area (Å²) < 4.78 is 2.45. The average Bonchev–Trinajstić information content (AvgIpc) is 3.59. The van der Waals surface area contributed by atoms with Crippen molar-refractivity contribution in [3.63, 3.8) is 0 Å². The van der Waals surface area contributed by atoms with E-state index in [0.717, 1.165) is 6.42 Å². The molecule has 0 radical (unpaired) electrons. The Morgan fingerprint density at radius 2 is 1.35 bits per heavy atom. The Kier molecular flexibility index (Phi) is 6.08. The van der Waals surface area contributed by atoms with Crippen LogP contribution in [0.5, 0.6) is 0 Å². The van der Waals surface area contributed by atoms with E-state index >= 15 is 0 Å². The molecular weight excluding hydrogens is 556 g/mol. The van der Waals surface area contributed by atoms with Crippen molar-refractivity contribution in [2.24, 2.45) is 11.3 Å². The zero-order valence-electron chi connectivity index (χ0n) is 26.3. The Morgan fingerprint density at radius 1 is 0.652 bits per heavy atom. The van der Waals surface area contributed by atoms with Gasteiger partial charge < -0.3 is 9.47 Å². The summed E-state index contributed by atoms with van der Waals surface area (Å²) in [6.45, 7) is 4.88. The van der Waals surface area contributed by atoms with E-state index in [-0.39, 0.29) is 11.5 Å². The third-order valence-electron chi connectivity index (χ3n) is 10.5. The van der Waals surface area contributed by atoms with Crippen molar-refractivity contribution in [1.29, 1.82) is 0 Å². The molecule has 1 aliphatic heterocycles. The van der Waals surface area contributed by atoms with Gasteiger partial charge in [0.15, 0.2) is 0 Å². The number of anilines is 1. The highest BCUT2D eigenvalue weighted by atomic mass is 15.2. The SMILES string of the molecule is CC1CC=CC2=C1C1(C)C=C(c3cccc4c5ccccc5n(-c5ccccc5)c34)C=CC1N2c1ccc(-c2ccccc2)cc1. The Labute approximate surface area is 270 Å². The van der Waals surface area contributed by atoms with Gasteiger partial charge in [-0.3, -0.25) is 0 Å². The number of hydrogen-bond acceptors (Lipinski definition) is 1. The molecule has 3 atom stereocenters. The van der Waals surface area contributed by atoms with Crippen LogP contribution in [0.3, 0.4) is 0 Å². The number of rotatable bonds is 4. The van der Waals surface area contributed by atoms with Gasteiger partial charge in [0.2, 0.25) is 0 Å². The average molecular weight is 593 g/mol. The first-order valence-corrected chi connectivity index (χ1v) is 16.5. The molecule has 0 amide bonds. The molecule has 2 heterocycles. The van der Waals surface area contributed by atoms with Crippen LogP contribution >= 0.6 is 0 Å². The van der Waals surface area contributed by atoms with Crippen molar-refractivity contribution in [2.75, 3.05) is 4.90 Å². The fraction of sp³-hybridized carbons (Fsp3) is 0.136. The van der Waals surface area contributed by atoms with E-state index < -0.39 is 0 Å². The maximum Gasteiger partial charge on any atom is 0.0652 e. The molecule has 0 bridgehead atoms. The Balaban J connectivity index is 1.21. The first-order valence-electron chi connectivity index (χ1n) is 16.5. The molecule has 2 heteroatoms. The maximum absolute atomic E-state index is 2.59. The number of nitrogens with zero attached hydrogens (tertiary/aromatic N) is 2. The molecule has 6 aromatic rings. The van der Waals surface area contributed by atoms with Crippen molar-refractivity contribution in [3.05, 3.63) is 175 Å². The molecule has 2 aliphatic carbocycles. The molecule has 3 unspecified atom stereocenters. The van der Waals surface area contributed by atoms with E-state index in [1.54, 1.807) is 5.57 Å². The smallest absolute Gasteiger partial charge is 0.0652 e. The van der Waals surface area contributed by atoms with Crippen molar-refractivity contribution in [1.82, 2.24) is 4.57 Å². The minimum absolute atomic E-state index is 0.145. The monoisotopic (exact) mass is 592 g/mol. The lowest BCUT2D eigenvalue weighted by Gasteiger charge is -2.38. The van der Waals surface area contributed by atoms with Gasteiger partial charge in [-0.25, -0.2) is 0 Å². The molecule has 222 valence electrons. The minimum atomic E-state index is -0.145. The van der Waals surface area contributed by atoms with E-state index in [1.807, 2.05) is 0 Å². The van der Waals surface area contributed by atoms with E-state index in [1.165, 1.54) is 61.1 Å². The number of para-hydroxylation sites is 3. The van der Waals surface area contributed by atoms with E-state index in [4.69, 9.17) is 0 Å². The molecule has 2 nitrogen and oxygen atoms in total. The van der Waals surface area contributed by atoms with Gasteiger partial charge in [-0.2, -0.15) is 0 Å². The molecule has 0 saturated heterocycles. The third kappa shape index (κ3) is 3.96. The summed E-state index contributed by atoms with van der Waals surface area (Å²) in [5.74, 6) is 0.469. The van der Waals surface area contributed by atoms with E-state index in [2.05, 4.69) is 181 Å². The van der Waals surface area contributed by atoms with Crippen LogP contribution in [0.25, 0.3) is 44.2 Å². The number of allylic oxidation sites excluding steroid dienone is 4.